The molecule has 0 spiro atoms. The fourth-order valence-electron chi connectivity index (χ4n) is 4.54. The number of nitrogens with zero attached hydrogens (tertiary/aromatic N) is 1. The van der Waals surface area contributed by atoms with Crippen LogP contribution in [0.3, 0.4) is 0 Å². The van der Waals surface area contributed by atoms with E-state index in [0.717, 1.165) is 5.69 Å². The quantitative estimate of drug-likeness (QED) is 0.534. The van der Waals surface area contributed by atoms with Gasteiger partial charge in [-0.15, -0.1) is 0 Å². The number of amides is 1. The van der Waals surface area contributed by atoms with Gasteiger partial charge in [-0.25, -0.2) is 13.1 Å². The lowest BCUT2D eigenvalue weighted by Crippen LogP contribution is -2.38. The van der Waals surface area contributed by atoms with Crippen molar-refractivity contribution in [2.45, 2.75) is 43.5 Å². The Hall–Kier alpha value is -3.23. The molecule has 0 radical (unpaired) electrons. The molecule has 35 heavy (non-hydrogen) atoms. The second kappa shape index (κ2) is 8.77. The first-order chi connectivity index (χ1) is 16.7. The fraction of sp³-hybridized carbons (Fsp3) is 0.333. The Labute approximate surface area is 205 Å². The molecule has 7 nitrogen and oxygen atoms in total. The molecule has 8 heteroatoms. The summed E-state index contributed by atoms with van der Waals surface area (Å²) in [5.41, 5.74) is 3.13. The van der Waals surface area contributed by atoms with Gasteiger partial charge in [0.15, 0.2) is 0 Å². The highest BCUT2D eigenvalue weighted by atomic mass is 32.2. The van der Waals surface area contributed by atoms with Crippen LogP contribution in [0.15, 0.2) is 66.9 Å². The van der Waals surface area contributed by atoms with E-state index in [4.69, 9.17) is 4.74 Å². The number of aromatic nitrogens is 1. The molecule has 1 saturated carbocycles. The van der Waals surface area contributed by atoms with Gasteiger partial charge in [-0.3, -0.25) is 9.78 Å². The Morgan fingerprint density at radius 2 is 1.89 bits per heavy atom. The summed E-state index contributed by atoms with van der Waals surface area (Å²) in [4.78, 5) is 17.4. The smallest absolute Gasteiger partial charge is 0.265 e. The lowest BCUT2D eigenvalue weighted by molar-refractivity contribution is 0.0379. The number of fused-ring (bicyclic) bond motifs is 1. The molecule has 3 aromatic rings. The zero-order valence-corrected chi connectivity index (χ0v) is 20.5. The van der Waals surface area contributed by atoms with Gasteiger partial charge in [0.1, 0.15) is 5.75 Å². The number of rotatable bonds is 6. The minimum Gasteiger partial charge on any atom is -0.493 e. The minimum absolute atomic E-state index is 0.00118. The van der Waals surface area contributed by atoms with Crippen molar-refractivity contribution in [3.05, 3.63) is 83.7 Å². The molecule has 1 fully saturated rings. The van der Waals surface area contributed by atoms with Crippen LogP contribution in [-0.4, -0.2) is 35.8 Å². The minimum atomic E-state index is -3.75. The third-order valence-corrected chi connectivity index (χ3v) is 9.44. The maximum absolute atomic E-state index is 13.0. The molecule has 1 amide bonds. The van der Waals surface area contributed by atoms with Crippen LogP contribution in [0.4, 0.5) is 0 Å². The predicted molar refractivity (Wildman–Crippen MR) is 132 cm³/mol. The normalized spacial score (nSPS) is 21.3. The van der Waals surface area contributed by atoms with Gasteiger partial charge in [0.25, 0.3) is 5.91 Å². The number of aliphatic hydroxyl groups excluding tert-OH is 1. The van der Waals surface area contributed by atoms with Gasteiger partial charge < -0.3 is 9.84 Å². The van der Waals surface area contributed by atoms with Gasteiger partial charge in [0.05, 0.1) is 17.5 Å². The summed E-state index contributed by atoms with van der Waals surface area (Å²) < 4.78 is 32.6. The first-order valence-electron chi connectivity index (χ1n) is 11.7. The highest BCUT2D eigenvalue weighted by Gasteiger charge is 2.51. The number of carbonyl (C=O) groups is 1. The Morgan fingerprint density at radius 1 is 1.14 bits per heavy atom. The highest BCUT2D eigenvalue weighted by Crippen LogP contribution is 2.44. The lowest BCUT2D eigenvalue weighted by atomic mass is 9.81. The summed E-state index contributed by atoms with van der Waals surface area (Å²) >= 11 is 0. The Morgan fingerprint density at radius 3 is 2.60 bits per heavy atom. The molecule has 1 aromatic heterocycles. The van der Waals surface area contributed by atoms with Crippen LogP contribution in [0.25, 0.3) is 11.1 Å². The number of benzene rings is 2. The molecule has 3 atom stereocenters. The number of pyridine rings is 1. The molecular formula is C27H28N2O5S. The topological polar surface area (TPSA) is 106 Å². The highest BCUT2D eigenvalue weighted by molar-refractivity contribution is 7.91. The van der Waals surface area contributed by atoms with Crippen molar-refractivity contribution < 1.29 is 23.1 Å². The molecule has 2 N–H and O–H groups in total. The fourth-order valence-corrected chi connectivity index (χ4v) is 5.78. The number of aliphatic hydroxyl groups is 1. The molecule has 2 heterocycles. The van der Waals surface area contributed by atoms with Crippen molar-refractivity contribution in [2.24, 2.45) is 5.92 Å². The summed E-state index contributed by atoms with van der Waals surface area (Å²) in [6.45, 7) is 4.00. The van der Waals surface area contributed by atoms with Crippen molar-refractivity contribution in [1.29, 1.82) is 0 Å². The van der Waals surface area contributed by atoms with Crippen LogP contribution >= 0.6 is 0 Å². The first-order valence-corrected chi connectivity index (χ1v) is 13.2. The summed E-state index contributed by atoms with van der Waals surface area (Å²) in [5.74, 6) is -0.265. The van der Waals surface area contributed by atoms with Crippen LogP contribution in [0, 0.1) is 5.92 Å². The number of ether oxygens (including phenoxy) is 1. The molecule has 182 valence electrons. The van der Waals surface area contributed by atoms with Gasteiger partial charge in [-0.1, -0.05) is 43.3 Å². The summed E-state index contributed by atoms with van der Waals surface area (Å²) in [5, 5.41) is 11.1. The number of hydrogen-bond acceptors (Lipinski definition) is 6. The summed E-state index contributed by atoms with van der Waals surface area (Å²) in [6.07, 6.45) is 2.10. The summed E-state index contributed by atoms with van der Waals surface area (Å²) in [6, 6.07) is 18.0. The first kappa shape index (κ1) is 23.5. The Bertz CT molecular complexity index is 1370. The van der Waals surface area contributed by atoms with E-state index in [1.807, 2.05) is 37.3 Å². The number of sulfonamides is 1. The van der Waals surface area contributed by atoms with E-state index >= 15 is 0 Å². The molecular weight excluding hydrogens is 464 g/mol. The lowest BCUT2D eigenvalue weighted by Gasteiger charge is -2.34. The van der Waals surface area contributed by atoms with Crippen molar-refractivity contribution in [2.75, 3.05) is 6.61 Å². The van der Waals surface area contributed by atoms with Crippen LogP contribution in [0.1, 0.15) is 60.3 Å². The van der Waals surface area contributed by atoms with E-state index in [0.29, 0.717) is 41.9 Å². The number of nitrogens with one attached hydrogen (secondary N) is 1. The standard InChI is InChI=1S/C27H28N2O5S/c1-17(23-9-5-6-14-28-23)22-16-34-24-15-18(10-11-21(24)25(22)30)19-7-3-4-8-20(19)26(31)29-35(32,33)27(2)12-13-27/h3-11,14-15,17,22,25,30H,12-13,16H2,1-2H3,(H,29,31)/t17-,22?,25-/m1/s1. The average molecular weight is 493 g/mol. The third-order valence-electron chi connectivity index (χ3n) is 7.28. The monoisotopic (exact) mass is 492 g/mol. The van der Waals surface area contributed by atoms with Gasteiger partial charge in [0.2, 0.25) is 10.0 Å². The van der Waals surface area contributed by atoms with Gasteiger partial charge in [-0.2, -0.15) is 0 Å². The zero-order valence-electron chi connectivity index (χ0n) is 19.6. The third kappa shape index (κ3) is 4.32. The van der Waals surface area contributed by atoms with Crippen molar-refractivity contribution in [1.82, 2.24) is 9.71 Å². The average Bonchev–Trinajstić information content (AvgIpc) is 3.63. The maximum Gasteiger partial charge on any atom is 0.265 e. The largest absolute Gasteiger partial charge is 0.493 e. The van der Waals surface area contributed by atoms with E-state index < -0.39 is 26.8 Å². The second-order valence-corrected chi connectivity index (χ2v) is 11.8. The molecule has 2 aromatic carbocycles. The Balaban J connectivity index is 1.41. The van der Waals surface area contributed by atoms with Gasteiger partial charge >= 0.3 is 0 Å². The predicted octanol–water partition coefficient (Wildman–Crippen LogP) is 4.21. The van der Waals surface area contributed by atoms with E-state index in [1.54, 1.807) is 43.5 Å². The molecule has 1 aliphatic carbocycles. The van der Waals surface area contributed by atoms with Crippen LogP contribution in [0.5, 0.6) is 5.75 Å². The van der Waals surface area contributed by atoms with E-state index in [1.165, 1.54) is 0 Å². The van der Waals surface area contributed by atoms with Crippen LogP contribution in [0.2, 0.25) is 0 Å². The molecule has 0 bridgehead atoms. The van der Waals surface area contributed by atoms with E-state index in [-0.39, 0.29) is 17.4 Å². The van der Waals surface area contributed by atoms with Crippen molar-refractivity contribution in [3.8, 4) is 16.9 Å². The van der Waals surface area contributed by atoms with Crippen molar-refractivity contribution in [3.63, 3.8) is 0 Å². The molecule has 1 aliphatic heterocycles. The SMILES string of the molecule is C[C@@H](c1ccccn1)C1COc2cc(-c3ccccc3C(=O)NS(=O)(=O)C3(C)CC3)ccc2[C@H]1O. The van der Waals surface area contributed by atoms with Gasteiger partial charge in [-0.05, 0) is 55.2 Å². The van der Waals surface area contributed by atoms with E-state index in [9.17, 15) is 18.3 Å². The van der Waals surface area contributed by atoms with Crippen molar-refractivity contribution >= 4 is 15.9 Å². The van der Waals surface area contributed by atoms with E-state index in [2.05, 4.69) is 9.71 Å². The van der Waals surface area contributed by atoms with Crippen LogP contribution in [-0.2, 0) is 10.0 Å². The molecule has 0 saturated heterocycles. The number of carbonyl (C=O) groups excluding carboxylic acids is 1. The molecule has 5 rings (SSSR count). The molecule has 2 aliphatic rings. The number of hydrogen-bond donors (Lipinski definition) is 2. The van der Waals surface area contributed by atoms with Crippen LogP contribution < -0.4 is 9.46 Å². The second-order valence-electron chi connectivity index (χ2n) is 9.65. The summed E-state index contributed by atoms with van der Waals surface area (Å²) in [7, 11) is -3.75. The zero-order chi connectivity index (χ0) is 24.8. The maximum atomic E-state index is 13.0. The van der Waals surface area contributed by atoms with Gasteiger partial charge in [0, 0.05) is 34.9 Å². The molecule has 1 unspecified atom stereocenters. The Kier molecular flexibility index (Phi) is 5.89.